The molecule has 0 N–H and O–H groups in total. The van der Waals surface area contributed by atoms with Gasteiger partial charge in [0.05, 0.1) is 5.69 Å². The second-order valence-electron chi connectivity index (χ2n) is 5.77. The lowest BCUT2D eigenvalue weighted by Crippen LogP contribution is -2.41. The molecule has 1 saturated carbocycles. The summed E-state index contributed by atoms with van der Waals surface area (Å²) in [5, 5.41) is 4.10. The molecule has 2 aromatic rings. The molecular formula is C17H22N4O. The second-order valence-corrected chi connectivity index (χ2v) is 5.77. The molecule has 0 atom stereocenters. The Morgan fingerprint density at radius 1 is 1.23 bits per heavy atom. The van der Waals surface area contributed by atoms with Crippen LogP contribution in [0.4, 0.5) is 0 Å². The van der Waals surface area contributed by atoms with Crippen molar-refractivity contribution in [2.75, 3.05) is 6.54 Å². The topological polar surface area (TPSA) is 51.0 Å². The highest BCUT2D eigenvalue weighted by Crippen LogP contribution is 2.24. The van der Waals surface area contributed by atoms with E-state index in [1.165, 1.54) is 25.6 Å². The maximum atomic E-state index is 12.8. The zero-order valence-electron chi connectivity index (χ0n) is 13.0. The van der Waals surface area contributed by atoms with E-state index in [0.29, 0.717) is 6.04 Å². The van der Waals surface area contributed by atoms with Crippen LogP contribution in [-0.4, -0.2) is 38.2 Å². The van der Waals surface area contributed by atoms with E-state index in [1.807, 2.05) is 29.2 Å². The molecule has 3 rings (SSSR count). The molecule has 0 aliphatic heterocycles. The molecule has 1 heterocycles. The van der Waals surface area contributed by atoms with Gasteiger partial charge in [0.2, 0.25) is 0 Å². The third-order valence-corrected chi connectivity index (χ3v) is 4.41. The number of nitrogens with zero attached hydrogens (tertiary/aromatic N) is 4. The Bertz CT molecular complexity index is 600. The zero-order valence-corrected chi connectivity index (χ0v) is 13.0. The number of carbonyl (C=O) groups excluding carboxylic acids is 1. The van der Waals surface area contributed by atoms with Crippen LogP contribution in [0.2, 0.25) is 0 Å². The summed E-state index contributed by atoms with van der Waals surface area (Å²) in [4.78, 5) is 18.7. The minimum Gasteiger partial charge on any atom is -0.336 e. The standard InChI is InChI=1S/C17H22N4O/c1-2-20(15-6-4-3-5-7-15)17(22)14-8-10-16(11-9-14)21-13-18-12-19-21/h8-13,15H,2-7H2,1H3. The van der Waals surface area contributed by atoms with Crippen LogP contribution < -0.4 is 0 Å². The molecule has 0 spiro atoms. The van der Waals surface area contributed by atoms with Crippen molar-refractivity contribution < 1.29 is 4.79 Å². The number of aromatic nitrogens is 3. The van der Waals surface area contributed by atoms with Gasteiger partial charge in [0, 0.05) is 18.2 Å². The highest BCUT2D eigenvalue weighted by Gasteiger charge is 2.24. The minimum absolute atomic E-state index is 0.138. The van der Waals surface area contributed by atoms with Gasteiger partial charge in [-0.1, -0.05) is 19.3 Å². The fraction of sp³-hybridized carbons (Fsp3) is 0.471. The zero-order chi connectivity index (χ0) is 15.4. The number of amides is 1. The van der Waals surface area contributed by atoms with Gasteiger partial charge in [-0.05, 0) is 44.0 Å². The summed E-state index contributed by atoms with van der Waals surface area (Å²) in [6, 6.07) is 7.99. The minimum atomic E-state index is 0.138. The third-order valence-electron chi connectivity index (χ3n) is 4.41. The Balaban J connectivity index is 1.75. The van der Waals surface area contributed by atoms with Gasteiger partial charge < -0.3 is 4.90 Å². The molecule has 1 aliphatic carbocycles. The number of hydrogen-bond acceptors (Lipinski definition) is 3. The number of hydrogen-bond donors (Lipinski definition) is 0. The van der Waals surface area contributed by atoms with Crippen molar-refractivity contribution >= 4 is 5.91 Å². The highest BCUT2D eigenvalue weighted by molar-refractivity contribution is 5.94. The highest BCUT2D eigenvalue weighted by atomic mass is 16.2. The predicted molar refractivity (Wildman–Crippen MR) is 84.9 cm³/mol. The van der Waals surface area contributed by atoms with Gasteiger partial charge in [0.1, 0.15) is 12.7 Å². The van der Waals surface area contributed by atoms with E-state index in [1.54, 1.807) is 11.0 Å². The summed E-state index contributed by atoms with van der Waals surface area (Å²) < 4.78 is 1.69. The van der Waals surface area contributed by atoms with Crippen LogP contribution >= 0.6 is 0 Å². The van der Waals surface area contributed by atoms with E-state index in [4.69, 9.17) is 0 Å². The molecule has 116 valence electrons. The Morgan fingerprint density at radius 3 is 2.55 bits per heavy atom. The number of benzene rings is 1. The van der Waals surface area contributed by atoms with Crippen LogP contribution in [0, 0.1) is 0 Å². The summed E-state index contributed by atoms with van der Waals surface area (Å²) in [5.41, 5.74) is 1.66. The van der Waals surface area contributed by atoms with Crippen molar-refractivity contribution in [1.29, 1.82) is 0 Å². The number of carbonyl (C=O) groups is 1. The summed E-state index contributed by atoms with van der Waals surface area (Å²) in [6.45, 7) is 2.84. The van der Waals surface area contributed by atoms with Crippen LogP contribution in [-0.2, 0) is 0 Å². The van der Waals surface area contributed by atoms with E-state index < -0.39 is 0 Å². The van der Waals surface area contributed by atoms with Gasteiger partial charge in [-0.2, -0.15) is 5.10 Å². The Kier molecular flexibility index (Phi) is 4.51. The molecule has 1 aromatic heterocycles. The molecule has 0 unspecified atom stereocenters. The van der Waals surface area contributed by atoms with Gasteiger partial charge in [0.15, 0.2) is 0 Å². The van der Waals surface area contributed by atoms with Gasteiger partial charge in [-0.3, -0.25) is 4.79 Å². The summed E-state index contributed by atoms with van der Waals surface area (Å²) >= 11 is 0. The van der Waals surface area contributed by atoms with E-state index in [9.17, 15) is 4.79 Å². The average Bonchev–Trinajstić information content (AvgIpc) is 3.11. The SMILES string of the molecule is CCN(C(=O)c1ccc(-n2cncn2)cc1)C1CCCCC1. The van der Waals surface area contributed by atoms with Gasteiger partial charge in [0.25, 0.3) is 5.91 Å². The quantitative estimate of drug-likeness (QED) is 0.871. The van der Waals surface area contributed by atoms with Crippen LogP contribution in [0.5, 0.6) is 0 Å². The third kappa shape index (κ3) is 3.03. The molecule has 22 heavy (non-hydrogen) atoms. The fourth-order valence-corrected chi connectivity index (χ4v) is 3.22. The molecule has 1 aromatic carbocycles. The predicted octanol–water partition coefficient (Wildman–Crippen LogP) is 3.06. The monoisotopic (exact) mass is 298 g/mol. The lowest BCUT2D eigenvalue weighted by atomic mass is 9.93. The average molecular weight is 298 g/mol. The Morgan fingerprint density at radius 2 is 1.95 bits per heavy atom. The lowest BCUT2D eigenvalue weighted by molar-refractivity contribution is 0.0648. The van der Waals surface area contributed by atoms with Gasteiger partial charge >= 0.3 is 0 Å². The molecule has 0 radical (unpaired) electrons. The molecule has 5 nitrogen and oxygen atoms in total. The smallest absolute Gasteiger partial charge is 0.254 e. The molecular weight excluding hydrogens is 276 g/mol. The Labute approximate surface area is 131 Å². The van der Waals surface area contributed by atoms with Crippen LogP contribution in [0.3, 0.4) is 0 Å². The summed E-state index contributed by atoms with van der Waals surface area (Å²) in [6.07, 6.45) is 9.19. The van der Waals surface area contributed by atoms with Gasteiger partial charge in [-0.15, -0.1) is 0 Å². The molecule has 1 fully saturated rings. The second kappa shape index (κ2) is 6.73. The first-order valence-corrected chi connectivity index (χ1v) is 8.05. The van der Waals surface area contributed by atoms with Crippen molar-refractivity contribution in [3.63, 3.8) is 0 Å². The lowest BCUT2D eigenvalue weighted by Gasteiger charge is -2.33. The van der Waals surface area contributed by atoms with Crippen molar-refractivity contribution in [2.24, 2.45) is 0 Å². The molecule has 5 heteroatoms. The van der Waals surface area contributed by atoms with Crippen molar-refractivity contribution in [1.82, 2.24) is 19.7 Å². The first-order chi connectivity index (χ1) is 10.8. The maximum absolute atomic E-state index is 12.8. The van der Waals surface area contributed by atoms with E-state index in [-0.39, 0.29) is 5.91 Å². The van der Waals surface area contributed by atoms with Crippen LogP contribution in [0.15, 0.2) is 36.9 Å². The Hall–Kier alpha value is -2.17. The van der Waals surface area contributed by atoms with Crippen LogP contribution in [0.1, 0.15) is 49.4 Å². The maximum Gasteiger partial charge on any atom is 0.254 e. The molecule has 1 aliphatic rings. The largest absolute Gasteiger partial charge is 0.336 e. The fourth-order valence-electron chi connectivity index (χ4n) is 3.22. The summed E-state index contributed by atoms with van der Waals surface area (Å²) in [7, 11) is 0. The van der Waals surface area contributed by atoms with E-state index in [0.717, 1.165) is 30.6 Å². The first kappa shape index (κ1) is 14.8. The van der Waals surface area contributed by atoms with E-state index in [2.05, 4.69) is 17.0 Å². The normalized spacial score (nSPS) is 15.7. The summed E-state index contributed by atoms with van der Waals surface area (Å²) in [5.74, 6) is 0.138. The van der Waals surface area contributed by atoms with Crippen molar-refractivity contribution in [3.8, 4) is 5.69 Å². The first-order valence-electron chi connectivity index (χ1n) is 8.05. The van der Waals surface area contributed by atoms with Crippen molar-refractivity contribution in [3.05, 3.63) is 42.5 Å². The van der Waals surface area contributed by atoms with E-state index >= 15 is 0 Å². The van der Waals surface area contributed by atoms with Crippen molar-refractivity contribution in [2.45, 2.75) is 45.1 Å². The van der Waals surface area contributed by atoms with Crippen LogP contribution in [0.25, 0.3) is 5.69 Å². The molecule has 1 amide bonds. The molecule has 0 saturated heterocycles. The number of rotatable bonds is 4. The van der Waals surface area contributed by atoms with Gasteiger partial charge in [-0.25, -0.2) is 9.67 Å². The molecule has 0 bridgehead atoms.